The second kappa shape index (κ2) is 9.31. The number of nitrogens with one attached hydrogen (secondary N) is 2. The number of hydrogen-bond acceptors (Lipinski definition) is 5. The summed E-state index contributed by atoms with van der Waals surface area (Å²) in [6.45, 7) is 0. The van der Waals surface area contributed by atoms with E-state index in [0.717, 1.165) is 4.90 Å². The molecule has 0 fully saturated rings. The zero-order valence-corrected chi connectivity index (χ0v) is 16.4. The van der Waals surface area contributed by atoms with Gasteiger partial charge in [0, 0.05) is 10.6 Å². The highest BCUT2D eigenvalue weighted by Crippen LogP contribution is 2.25. The molecule has 1 heterocycles. The van der Waals surface area contributed by atoms with Crippen LogP contribution in [0.2, 0.25) is 5.02 Å². The van der Waals surface area contributed by atoms with Crippen LogP contribution in [0.4, 0.5) is 11.4 Å². The van der Waals surface area contributed by atoms with Gasteiger partial charge in [0.25, 0.3) is 5.91 Å². The van der Waals surface area contributed by atoms with Crippen LogP contribution in [0, 0.1) is 0 Å². The monoisotopic (exact) mass is 430 g/mol. The van der Waals surface area contributed by atoms with Crippen molar-refractivity contribution in [2.75, 3.05) is 16.4 Å². The third-order valence-electron chi connectivity index (χ3n) is 3.69. The van der Waals surface area contributed by atoms with Crippen molar-refractivity contribution in [1.29, 1.82) is 0 Å². The zero-order valence-electron chi connectivity index (χ0n) is 14.8. The summed E-state index contributed by atoms with van der Waals surface area (Å²) in [5, 5.41) is 14.6. The van der Waals surface area contributed by atoms with Crippen molar-refractivity contribution in [1.82, 2.24) is 0 Å². The van der Waals surface area contributed by atoms with Crippen LogP contribution in [-0.4, -0.2) is 28.6 Å². The lowest BCUT2D eigenvalue weighted by molar-refractivity contribution is -0.113. The average Bonchev–Trinajstić information content (AvgIpc) is 3.23. The smallest absolute Gasteiger partial charge is 0.335 e. The van der Waals surface area contributed by atoms with Crippen LogP contribution in [0.1, 0.15) is 20.9 Å². The molecular formula is C20H15ClN2O5S. The lowest BCUT2D eigenvalue weighted by Crippen LogP contribution is -2.15. The Bertz CT molecular complexity index is 1050. The summed E-state index contributed by atoms with van der Waals surface area (Å²) in [7, 11) is 0. The summed E-state index contributed by atoms with van der Waals surface area (Å²) in [6, 6.07) is 14.3. The summed E-state index contributed by atoms with van der Waals surface area (Å²) < 4.78 is 5.05. The first-order valence-electron chi connectivity index (χ1n) is 8.33. The van der Waals surface area contributed by atoms with Crippen molar-refractivity contribution in [3.8, 4) is 0 Å². The van der Waals surface area contributed by atoms with Crippen molar-refractivity contribution in [2.24, 2.45) is 0 Å². The Hall–Kier alpha value is -3.23. The van der Waals surface area contributed by atoms with E-state index in [-0.39, 0.29) is 39.6 Å². The van der Waals surface area contributed by atoms with Crippen molar-refractivity contribution < 1.29 is 23.9 Å². The van der Waals surface area contributed by atoms with Crippen LogP contribution >= 0.6 is 23.4 Å². The Kier molecular flexibility index (Phi) is 6.58. The van der Waals surface area contributed by atoms with Gasteiger partial charge in [-0.1, -0.05) is 17.7 Å². The normalized spacial score (nSPS) is 10.4. The number of aromatic carboxylic acids is 1. The van der Waals surface area contributed by atoms with E-state index in [2.05, 4.69) is 10.6 Å². The number of thioether (sulfide) groups is 1. The maximum atomic E-state index is 12.2. The van der Waals surface area contributed by atoms with Gasteiger partial charge in [-0.15, -0.1) is 11.8 Å². The number of benzene rings is 2. The molecule has 0 aliphatic heterocycles. The summed E-state index contributed by atoms with van der Waals surface area (Å²) in [5.74, 6) is -1.56. The zero-order chi connectivity index (χ0) is 20.8. The van der Waals surface area contributed by atoms with Gasteiger partial charge in [-0.05, 0) is 48.5 Å². The Morgan fingerprint density at radius 2 is 1.86 bits per heavy atom. The van der Waals surface area contributed by atoms with Gasteiger partial charge >= 0.3 is 5.97 Å². The van der Waals surface area contributed by atoms with Crippen LogP contribution in [0.5, 0.6) is 0 Å². The van der Waals surface area contributed by atoms with Gasteiger partial charge in [-0.3, -0.25) is 9.59 Å². The Labute approximate surface area is 175 Å². The van der Waals surface area contributed by atoms with Gasteiger partial charge in [0.2, 0.25) is 5.91 Å². The van der Waals surface area contributed by atoms with Gasteiger partial charge in [0.1, 0.15) is 0 Å². The highest BCUT2D eigenvalue weighted by Gasteiger charge is 2.12. The summed E-state index contributed by atoms with van der Waals surface area (Å²) in [5.41, 5.74) is 0.822. The van der Waals surface area contributed by atoms with E-state index in [1.165, 1.54) is 36.2 Å². The predicted octanol–water partition coefficient (Wildman–Crippen LogP) is 4.61. The van der Waals surface area contributed by atoms with Crippen molar-refractivity contribution in [3.05, 3.63) is 77.2 Å². The molecule has 2 amide bonds. The van der Waals surface area contributed by atoms with E-state index in [0.29, 0.717) is 5.69 Å². The van der Waals surface area contributed by atoms with Crippen LogP contribution in [0.15, 0.2) is 70.2 Å². The minimum atomic E-state index is -1.11. The number of anilines is 2. The molecule has 0 radical (unpaired) electrons. The third kappa shape index (κ3) is 5.63. The van der Waals surface area contributed by atoms with Crippen LogP contribution in [0.3, 0.4) is 0 Å². The molecule has 29 heavy (non-hydrogen) atoms. The lowest BCUT2D eigenvalue weighted by Gasteiger charge is -2.09. The van der Waals surface area contributed by atoms with Gasteiger partial charge in [0.15, 0.2) is 5.76 Å². The molecule has 0 saturated heterocycles. The van der Waals surface area contributed by atoms with Gasteiger partial charge in [-0.25, -0.2) is 4.79 Å². The summed E-state index contributed by atoms with van der Waals surface area (Å²) in [4.78, 5) is 36.1. The van der Waals surface area contributed by atoms with Crippen LogP contribution < -0.4 is 10.6 Å². The molecule has 148 valence electrons. The lowest BCUT2D eigenvalue weighted by atomic mass is 10.2. The second-order valence-electron chi connectivity index (χ2n) is 5.80. The average molecular weight is 431 g/mol. The maximum Gasteiger partial charge on any atom is 0.335 e. The number of halogens is 1. The largest absolute Gasteiger partial charge is 0.478 e. The van der Waals surface area contributed by atoms with Gasteiger partial charge in [-0.2, -0.15) is 0 Å². The van der Waals surface area contributed by atoms with E-state index in [9.17, 15) is 14.4 Å². The van der Waals surface area contributed by atoms with E-state index in [4.69, 9.17) is 21.1 Å². The highest BCUT2D eigenvalue weighted by atomic mass is 35.5. The number of hydrogen-bond donors (Lipinski definition) is 3. The number of carboxylic acids is 1. The standard InChI is InChI=1S/C20H15ClN2O5S/c21-15-7-6-12(20(26)27)9-16(15)23-18(24)11-29-14-4-1-3-13(10-14)22-19(25)17-5-2-8-28-17/h1-10H,11H2,(H,22,25)(H,23,24)(H,26,27). The SMILES string of the molecule is O=C(CSc1cccc(NC(=O)c2ccco2)c1)Nc1cc(C(=O)O)ccc1Cl. The third-order valence-corrected chi connectivity index (χ3v) is 5.02. The van der Waals surface area contributed by atoms with Crippen molar-refractivity contribution >= 4 is 52.5 Å². The van der Waals surface area contributed by atoms with E-state index >= 15 is 0 Å². The van der Waals surface area contributed by atoms with Crippen molar-refractivity contribution in [3.63, 3.8) is 0 Å². The molecule has 0 spiro atoms. The Morgan fingerprint density at radius 1 is 1.03 bits per heavy atom. The molecule has 3 N–H and O–H groups in total. The number of carbonyl (C=O) groups excluding carboxylic acids is 2. The molecule has 0 aliphatic carbocycles. The first-order chi connectivity index (χ1) is 13.9. The first kappa shape index (κ1) is 20.5. The van der Waals surface area contributed by atoms with Gasteiger partial charge < -0.3 is 20.2 Å². The van der Waals surface area contributed by atoms with Gasteiger partial charge in [0.05, 0.1) is 28.3 Å². The molecule has 1 aromatic heterocycles. The fourth-order valence-corrected chi connectivity index (χ4v) is 3.27. The molecule has 9 heteroatoms. The number of furan rings is 1. The minimum Gasteiger partial charge on any atom is -0.478 e. The first-order valence-corrected chi connectivity index (χ1v) is 9.69. The van der Waals surface area contributed by atoms with E-state index < -0.39 is 5.97 Å². The molecular weight excluding hydrogens is 416 g/mol. The fraction of sp³-hybridized carbons (Fsp3) is 0.0500. The maximum absolute atomic E-state index is 12.2. The Balaban J connectivity index is 1.59. The molecule has 0 saturated carbocycles. The molecule has 0 aliphatic rings. The number of amides is 2. The second-order valence-corrected chi connectivity index (χ2v) is 7.25. The molecule has 0 atom stereocenters. The molecule has 2 aromatic carbocycles. The summed E-state index contributed by atoms with van der Waals surface area (Å²) >= 11 is 7.27. The number of carbonyl (C=O) groups is 3. The Morgan fingerprint density at radius 3 is 2.59 bits per heavy atom. The van der Waals surface area contributed by atoms with E-state index in [1.807, 2.05) is 0 Å². The number of carboxylic acid groups (broad SMARTS) is 1. The highest BCUT2D eigenvalue weighted by molar-refractivity contribution is 8.00. The minimum absolute atomic E-state index is 0.0253. The topological polar surface area (TPSA) is 109 Å². The molecule has 7 nitrogen and oxygen atoms in total. The molecule has 0 bridgehead atoms. The molecule has 3 aromatic rings. The molecule has 0 unspecified atom stereocenters. The number of rotatable bonds is 7. The van der Waals surface area contributed by atoms with Crippen molar-refractivity contribution in [2.45, 2.75) is 4.90 Å². The van der Waals surface area contributed by atoms with Crippen LogP contribution in [-0.2, 0) is 4.79 Å². The predicted molar refractivity (Wildman–Crippen MR) is 111 cm³/mol. The fourth-order valence-electron chi connectivity index (χ4n) is 2.35. The molecule has 3 rings (SSSR count). The van der Waals surface area contributed by atoms with E-state index in [1.54, 1.807) is 36.4 Å². The van der Waals surface area contributed by atoms with Crippen LogP contribution in [0.25, 0.3) is 0 Å². The quantitative estimate of drug-likeness (QED) is 0.472. The summed E-state index contributed by atoms with van der Waals surface area (Å²) in [6.07, 6.45) is 1.41.